The number of halogens is 1. The van der Waals surface area contributed by atoms with Crippen molar-refractivity contribution in [2.24, 2.45) is 4.99 Å². The normalized spacial score (nSPS) is 11.5. The van der Waals surface area contributed by atoms with E-state index in [1.165, 1.54) is 12.1 Å². The Bertz CT molecular complexity index is 410. The van der Waals surface area contributed by atoms with Gasteiger partial charge in [0.25, 0.3) is 0 Å². The third-order valence-electron chi connectivity index (χ3n) is 2.79. The minimum atomic E-state index is -0.227. The number of hydrogen-bond donors (Lipinski definition) is 2. The molecule has 0 bridgehead atoms. The molecule has 0 fully saturated rings. The van der Waals surface area contributed by atoms with Crippen LogP contribution in [0, 0.1) is 5.82 Å². The molecule has 0 spiro atoms. The molecule has 0 aliphatic rings. The number of guanidine groups is 1. The lowest BCUT2D eigenvalue weighted by atomic mass is 10.2. The number of rotatable bonds is 9. The average molecular weight is 297 g/mol. The molecule has 0 radical (unpaired) electrons. The number of hydrogen-bond acceptors (Lipinski definition) is 3. The van der Waals surface area contributed by atoms with E-state index in [1.807, 2.05) is 0 Å². The van der Waals surface area contributed by atoms with Gasteiger partial charge in [0.1, 0.15) is 5.82 Å². The minimum absolute atomic E-state index is 0.227. The fraction of sp³-hybridized carbons (Fsp3) is 0.533. The zero-order chi connectivity index (χ0) is 15.3. The molecule has 118 valence electrons. The Morgan fingerprint density at radius 2 is 1.90 bits per heavy atom. The molecule has 0 aliphatic heterocycles. The molecule has 1 aromatic rings. The molecule has 0 aromatic heterocycles. The lowest BCUT2D eigenvalue weighted by molar-refractivity contribution is 0.0698. The zero-order valence-corrected chi connectivity index (χ0v) is 12.7. The van der Waals surface area contributed by atoms with Gasteiger partial charge in [0.15, 0.2) is 5.96 Å². The lowest BCUT2D eigenvalue weighted by Crippen LogP contribution is -2.37. The van der Waals surface area contributed by atoms with Crippen molar-refractivity contribution in [2.75, 3.05) is 40.5 Å². The van der Waals surface area contributed by atoms with Crippen molar-refractivity contribution >= 4 is 5.96 Å². The van der Waals surface area contributed by atoms with Gasteiger partial charge < -0.3 is 20.1 Å². The molecule has 0 amide bonds. The van der Waals surface area contributed by atoms with Crippen LogP contribution < -0.4 is 10.6 Å². The Labute approximate surface area is 125 Å². The third-order valence-corrected chi connectivity index (χ3v) is 2.79. The molecule has 5 nitrogen and oxygen atoms in total. The highest BCUT2D eigenvalue weighted by atomic mass is 19.1. The van der Waals surface area contributed by atoms with Crippen LogP contribution >= 0.6 is 0 Å². The first-order valence-corrected chi connectivity index (χ1v) is 7.02. The molecule has 1 aromatic carbocycles. The van der Waals surface area contributed by atoms with Crippen LogP contribution in [-0.4, -0.2) is 46.5 Å². The first kappa shape index (κ1) is 17.4. The van der Waals surface area contributed by atoms with E-state index < -0.39 is 0 Å². The third kappa shape index (κ3) is 8.27. The lowest BCUT2D eigenvalue weighted by Gasteiger charge is -2.12. The van der Waals surface area contributed by atoms with Gasteiger partial charge in [0.05, 0.1) is 13.2 Å². The summed E-state index contributed by atoms with van der Waals surface area (Å²) in [4.78, 5) is 4.13. The summed E-state index contributed by atoms with van der Waals surface area (Å²) >= 11 is 0. The van der Waals surface area contributed by atoms with E-state index in [0.717, 1.165) is 24.5 Å². The number of aliphatic imine (C=N–C) groups is 1. The Hall–Kier alpha value is -1.66. The van der Waals surface area contributed by atoms with Crippen molar-refractivity contribution in [3.8, 4) is 0 Å². The molecule has 0 unspecified atom stereocenters. The molecule has 0 saturated carbocycles. The summed E-state index contributed by atoms with van der Waals surface area (Å²) in [5.74, 6) is 0.492. The van der Waals surface area contributed by atoms with E-state index in [9.17, 15) is 4.39 Å². The van der Waals surface area contributed by atoms with Crippen molar-refractivity contribution in [3.05, 3.63) is 35.6 Å². The highest BCUT2D eigenvalue weighted by Gasteiger charge is 1.98. The smallest absolute Gasteiger partial charge is 0.191 e. The van der Waals surface area contributed by atoms with E-state index in [2.05, 4.69) is 15.6 Å². The van der Waals surface area contributed by atoms with E-state index >= 15 is 0 Å². The minimum Gasteiger partial charge on any atom is -0.382 e. The van der Waals surface area contributed by atoms with Crippen LogP contribution in [0.3, 0.4) is 0 Å². The summed E-state index contributed by atoms with van der Waals surface area (Å²) in [6, 6.07) is 6.40. The molecular formula is C15H24FN3O2. The van der Waals surface area contributed by atoms with Crippen LogP contribution in [0.25, 0.3) is 0 Å². The highest BCUT2D eigenvalue weighted by Crippen LogP contribution is 2.01. The maximum Gasteiger partial charge on any atom is 0.191 e. The predicted molar refractivity (Wildman–Crippen MR) is 81.9 cm³/mol. The van der Waals surface area contributed by atoms with Gasteiger partial charge in [-0.2, -0.15) is 0 Å². The molecule has 2 N–H and O–H groups in total. The standard InChI is InChI=1S/C15H24FN3O2/c1-17-15(18-8-3-9-21-11-10-20-2)19-12-13-4-6-14(16)7-5-13/h4-7H,3,8-12H2,1-2H3,(H2,17,18,19). The number of ether oxygens (including phenoxy) is 2. The number of nitrogens with one attached hydrogen (secondary N) is 2. The number of methoxy groups -OCH3 is 1. The summed E-state index contributed by atoms with van der Waals surface area (Å²) in [6.07, 6.45) is 0.890. The van der Waals surface area contributed by atoms with Crippen LogP contribution in [0.2, 0.25) is 0 Å². The zero-order valence-electron chi connectivity index (χ0n) is 12.7. The fourth-order valence-electron chi connectivity index (χ4n) is 1.63. The fourth-order valence-corrected chi connectivity index (χ4v) is 1.63. The Morgan fingerprint density at radius 1 is 1.14 bits per heavy atom. The maximum absolute atomic E-state index is 12.8. The molecule has 0 aliphatic carbocycles. The van der Waals surface area contributed by atoms with E-state index in [4.69, 9.17) is 9.47 Å². The Morgan fingerprint density at radius 3 is 2.57 bits per heavy atom. The quantitative estimate of drug-likeness (QED) is 0.412. The SMILES string of the molecule is CN=C(NCCCOCCOC)NCc1ccc(F)cc1. The molecule has 6 heteroatoms. The van der Waals surface area contributed by atoms with Crippen LogP contribution in [-0.2, 0) is 16.0 Å². The van der Waals surface area contributed by atoms with Gasteiger partial charge in [-0.15, -0.1) is 0 Å². The average Bonchev–Trinajstić information content (AvgIpc) is 2.51. The second-order valence-corrected chi connectivity index (χ2v) is 4.44. The van der Waals surface area contributed by atoms with Gasteiger partial charge in [-0.1, -0.05) is 12.1 Å². The van der Waals surface area contributed by atoms with Crippen molar-refractivity contribution in [1.29, 1.82) is 0 Å². The number of nitrogens with zero attached hydrogens (tertiary/aromatic N) is 1. The highest BCUT2D eigenvalue weighted by molar-refractivity contribution is 5.79. The van der Waals surface area contributed by atoms with E-state index in [0.29, 0.717) is 26.4 Å². The summed E-state index contributed by atoms with van der Waals surface area (Å²) < 4.78 is 23.1. The summed E-state index contributed by atoms with van der Waals surface area (Å²) in [7, 11) is 3.37. The largest absolute Gasteiger partial charge is 0.382 e. The van der Waals surface area contributed by atoms with Crippen molar-refractivity contribution in [2.45, 2.75) is 13.0 Å². The molecule has 0 heterocycles. The van der Waals surface area contributed by atoms with Gasteiger partial charge in [0.2, 0.25) is 0 Å². The molecule has 0 saturated heterocycles. The predicted octanol–water partition coefficient (Wildman–Crippen LogP) is 1.54. The molecule has 1 rings (SSSR count). The molecule has 0 atom stereocenters. The van der Waals surface area contributed by atoms with Crippen molar-refractivity contribution in [1.82, 2.24) is 10.6 Å². The van der Waals surface area contributed by atoms with E-state index in [1.54, 1.807) is 26.3 Å². The van der Waals surface area contributed by atoms with Gasteiger partial charge in [-0.25, -0.2) is 4.39 Å². The van der Waals surface area contributed by atoms with Crippen LogP contribution in [0.1, 0.15) is 12.0 Å². The van der Waals surface area contributed by atoms with Crippen LogP contribution in [0.5, 0.6) is 0 Å². The maximum atomic E-state index is 12.8. The van der Waals surface area contributed by atoms with Crippen LogP contribution in [0.4, 0.5) is 4.39 Å². The summed E-state index contributed by atoms with van der Waals surface area (Å²) in [5, 5.41) is 6.37. The van der Waals surface area contributed by atoms with Gasteiger partial charge in [-0.3, -0.25) is 4.99 Å². The second kappa shape index (κ2) is 11.0. The van der Waals surface area contributed by atoms with Crippen molar-refractivity contribution < 1.29 is 13.9 Å². The number of benzene rings is 1. The van der Waals surface area contributed by atoms with Gasteiger partial charge >= 0.3 is 0 Å². The van der Waals surface area contributed by atoms with Gasteiger partial charge in [-0.05, 0) is 24.1 Å². The summed E-state index contributed by atoms with van der Waals surface area (Å²) in [6.45, 7) is 3.30. The Kier molecular flexibility index (Phi) is 9.15. The monoisotopic (exact) mass is 297 g/mol. The molecule has 21 heavy (non-hydrogen) atoms. The second-order valence-electron chi connectivity index (χ2n) is 4.44. The van der Waals surface area contributed by atoms with Crippen LogP contribution in [0.15, 0.2) is 29.3 Å². The van der Waals surface area contributed by atoms with Gasteiger partial charge in [0, 0.05) is 33.9 Å². The Balaban J connectivity index is 2.13. The van der Waals surface area contributed by atoms with Crippen molar-refractivity contribution in [3.63, 3.8) is 0 Å². The summed E-state index contributed by atoms with van der Waals surface area (Å²) in [5.41, 5.74) is 1.00. The van der Waals surface area contributed by atoms with E-state index in [-0.39, 0.29) is 5.82 Å². The first-order valence-electron chi connectivity index (χ1n) is 7.02. The first-order chi connectivity index (χ1) is 10.3. The topological polar surface area (TPSA) is 54.9 Å². The molecular weight excluding hydrogens is 273 g/mol.